The number of aromatic nitrogens is 2. The van der Waals surface area contributed by atoms with E-state index < -0.39 is 0 Å². The van der Waals surface area contributed by atoms with E-state index in [2.05, 4.69) is 22.0 Å². The fourth-order valence-electron chi connectivity index (χ4n) is 2.19. The van der Waals surface area contributed by atoms with E-state index in [0.717, 1.165) is 19.6 Å². The molecule has 92 valence electrons. The minimum Gasteiger partial charge on any atom is -0.338 e. The minimum atomic E-state index is 0. The molecule has 6 heteroatoms. The van der Waals surface area contributed by atoms with E-state index in [0.29, 0.717) is 23.7 Å². The summed E-state index contributed by atoms with van der Waals surface area (Å²) in [5.74, 6) is 2.02. The summed E-state index contributed by atoms with van der Waals surface area (Å²) >= 11 is 0. The molecule has 2 N–H and O–H groups in total. The highest BCUT2D eigenvalue weighted by Crippen LogP contribution is 2.23. The van der Waals surface area contributed by atoms with E-state index in [9.17, 15) is 0 Å². The number of nitrogens with zero attached hydrogens (tertiary/aromatic N) is 3. The van der Waals surface area contributed by atoms with Gasteiger partial charge >= 0.3 is 0 Å². The van der Waals surface area contributed by atoms with Crippen LogP contribution in [0.2, 0.25) is 0 Å². The Morgan fingerprint density at radius 2 is 2.31 bits per heavy atom. The van der Waals surface area contributed by atoms with Gasteiger partial charge in [-0.25, -0.2) is 0 Å². The SMILES string of the molecule is Cc1noc(CN2CC(CN)CC2C)n1.Cl. The van der Waals surface area contributed by atoms with Crippen LogP contribution in [0.25, 0.3) is 0 Å². The largest absolute Gasteiger partial charge is 0.338 e. The van der Waals surface area contributed by atoms with Crippen molar-refractivity contribution in [3.63, 3.8) is 0 Å². The highest BCUT2D eigenvalue weighted by atomic mass is 35.5. The van der Waals surface area contributed by atoms with Crippen LogP contribution >= 0.6 is 12.4 Å². The predicted molar refractivity (Wildman–Crippen MR) is 63.3 cm³/mol. The van der Waals surface area contributed by atoms with E-state index in [1.807, 2.05) is 6.92 Å². The van der Waals surface area contributed by atoms with Crippen LogP contribution in [-0.2, 0) is 6.54 Å². The summed E-state index contributed by atoms with van der Waals surface area (Å²) in [6, 6.07) is 0.561. The van der Waals surface area contributed by atoms with Crippen molar-refractivity contribution in [3.05, 3.63) is 11.7 Å². The van der Waals surface area contributed by atoms with Gasteiger partial charge in [0, 0.05) is 12.6 Å². The van der Waals surface area contributed by atoms with Gasteiger partial charge in [0.2, 0.25) is 5.89 Å². The molecule has 2 heterocycles. The molecule has 2 unspecified atom stereocenters. The molecule has 1 aliphatic rings. The van der Waals surface area contributed by atoms with Gasteiger partial charge in [0.1, 0.15) is 0 Å². The van der Waals surface area contributed by atoms with Crippen LogP contribution in [-0.4, -0.2) is 34.2 Å². The molecule has 0 aromatic carbocycles. The van der Waals surface area contributed by atoms with Crippen LogP contribution in [0.4, 0.5) is 0 Å². The van der Waals surface area contributed by atoms with Crippen LogP contribution in [0.15, 0.2) is 4.52 Å². The van der Waals surface area contributed by atoms with Gasteiger partial charge in [0.05, 0.1) is 6.54 Å². The van der Waals surface area contributed by atoms with Gasteiger partial charge in [-0.3, -0.25) is 4.90 Å². The highest BCUT2D eigenvalue weighted by Gasteiger charge is 2.28. The summed E-state index contributed by atoms with van der Waals surface area (Å²) in [4.78, 5) is 6.56. The third kappa shape index (κ3) is 2.93. The Hall–Kier alpha value is -0.650. The predicted octanol–water partition coefficient (Wildman–Crippen LogP) is 0.969. The minimum absolute atomic E-state index is 0. The fourth-order valence-corrected chi connectivity index (χ4v) is 2.19. The smallest absolute Gasteiger partial charge is 0.240 e. The number of halogens is 1. The molecule has 2 rings (SSSR count). The van der Waals surface area contributed by atoms with E-state index in [1.54, 1.807) is 0 Å². The quantitative estimate of drug-likeness (QED) is 0.861. The number of nitrogens with two attached hydrogens (primary N) is 1. The molecule has 1 fully saturated rings. The van der Waals surface area contributed by atoms with Crippen molar-refractivity contribution < 1.29 is 4.52 Å². The molecule has 1 aliphatic heterocycles. The summed E-state index contributed by atoms with van der Waals surface area (Å²) in [7, 11) is 0. The van der Waals surface area contributed by atoms with Crippen molar-refractivity contribution in [1.82, 2.24) is 15.0 Å². The monoisotopic (exact) mass is 246 g/mol. The first-order chi connectivity index (χ1) is 7.19. The van der Waals surface area contributed by atoms with Crippen molar-refractivity contribution in [3.8, 4) is 0 Å². The Morgan fingerprint density at radius 1 is 1.56 bits per heavy atom. The third-order valence-electron chi connectivity index (χ3n) is 3.03. The molecule has 1 saturated heterocycles. The van der Waals surface area contributed by atoms with Crippen LogP contribution in [0.3, 0.4) is 0 Å². The van der Waals surface area contributed by atoms with E-state index in [1.165, 1.54) is 6.42 Å². The molecule has 16 heavy (non-hydrogen) atoms. The van der Waals surface area contributed by atoms with Crippen LogP contribution in [0.5, 0.6) is 0 Å². The topological polar surface area (TPSA) is 68.2 Å². The van der Waals surface area contributed by atoms with E-state index in [-0.39, 0.29) is 12.4 Å². The molecule has 2 atom stereocenters. The van der Waals surface area contributed by atoms with E-state index in [4.69, 9.17) is 10.3 Å². The molecule has 0 aliphatic carbocycles. The fraction of sp³-hybridized carbons (Fsp3) is 0.800. The zero-order valence-electron chi connectivity index (χ0n) is 9.72. The summed E-state index contributed by atoms with van der Waals surface area (Å²) in [6.07, 6.45) is 1.17. The summed E-state index contributed by atoms with van der Waals surface area (Å²) < 4.78 is 5.11. The van der Waals surface area contributed by atoms with Crippen LogP contribution in [0.1, 0.15) is 25.1 Å². The molecular formula is C10H19ClN4O. The van der Waals surface area contributed by atoms with Gasteiger partial charge in [0.25, 0.3) is 0 Å². The molecule has 5 nitrogen and oxygen atoms in total. The normalized spacial score (nSPS) is 25.7. The van der Waals surface area contributed by atoms with Crippen molar-refractivity contribution in [2.45, 2.75) is 32.9 Å². The summed E-state index contributed by atoms with van der Waals surface area (Å²) in [6.45, 7) is 6.61. The summed E-state index contributed by atoms with van der Waals surface area (Å²) in [5, 5.41) is 3.79. The first-order valence-corrected chi connectivity index (χ1v) is 5.42. The maximum Gasteiger partial charge on any atom is 0.240 e. The molecule has 0 saturated carbocycles. The first-order valence-electron chi connectivity index (χ1n) is 5.42. The molecule has 0 bridgehead atoms. The van der Waals surface area contributed by atoms with Crippen LogP contribution in [0, 0.1) is 12.8 Å². The zero-order valence-corrected chi connectivity index (χ0v) is 10.5. The number of hydrogen-bond acceptors (Lipinski definition) is 5. The van der Waals surface area contributed by atoms with Crippen molar-refractivity contribution in [2.24, 2.45) is 11.7 Å². The number of aryl methyl sites for hydroxylation is 1. The summed E-state index contributed by atoms with van der Waals surface area (Å²) in [5.41, 5.74) is 5.68. The lowest BCUT2D eigenvalue weighted by Crippen LogP contribution is -2.27. The lowest BCUT2D eigenvalue weighted by Gasteiger charge is -2.18. The molecule has 0 amide bonds. The maximum atomic E-state index is 5.68. The standard InChI is InChI=1S/C10H18N4O.ClH/c1-7-3-9(4-11)5-14(7)6-10-12-8(2)13-15-10;/h7,9H,3-6,11H2,1-2H3;1H. The molecular weight excluding hydrogens is 228 g/mol. The van der Waals surface area contributed by atoms with Crippen molar-refractivity contribution in [1.29, 1.82) is 0 Å². The van der Waals surface area contributed by atoms with Gasteiger partial charge in [0.15, 0.2) is 5.82 Å². The van der Waals surface area contributed by atoms with Crippen molar-refractivity contribution in [2.75, 3.05) is 13.1 Å². The number of likely N-dealkylation sites (tertiary alicyclic amines) is 1. The Kier molecular flexibility index (Phi) is 4.70. The highest BCUT2D eigenvalue weighted by molar-refractivity contribution is 5.85. The lowest BCUT2D eigenvalue weighted by atomic mass is 10.1. The molecule has 1 aromatic heterocycles. The molecule has 0 radical (unpaired) electrons. The van der Waals surface area contributed by atoms with Crippen molar-refractivity contribution >= 4 is 12.4 Å². The number of rotatable bonds is 3. The van der Waals surface area contributed by atoms with Crippen LogP contribution < -0.4 is 5.73 Å². The second-order valence-electron chi connectivity index (χ2n) is 4.35. The Bertz CT molecular complexity index is 330. The van der Waals surface area contributed by atoms with Gasteiger partial charge in [-0.15, -0.1) is 12.4 Å². The number of hydrogen-bond donors (Lipinski definition) is 1. The van der Waals surface area contributed by atoms with E-state index >= 15 is 0 Å². The second-order valence-corrected chi connectivity index (χ2v) is 4.35. The average molecular weight is 247 g/mol. The third-order valence-corrected chi connectivity index (χ3v) is 3.03. The van der Waals surface area contributed by atoms with Gasteiger partial charge in [-0.1, -0.05) is 5.16 Å². The molecule has 0 spiro atoms. The Labute approximate surface area is 102 Å². The first kappa shape index (κ1) is 13.4. The molecule has 1 aromatic rings. The lowest BCUT2D eigenvalue weighted by molar-refractivity contribution is 0.218. The van der Waals surface area contributed by atoms with Gasteiger partial charge < -0.3 is 10.3 Å². The average Bonchev–Trinajstić information content (AvgIpc) is 2.75. The Morgan fingerprint density at radius 3 is 2.81 bits per heavy atom. The van der Waals surface area contributed by atoms with Gasteiger partial charge in [-0.05, 0) is 32.7 Å². The Balaban J connectivity index is 0.00000128. The van der Waals surface area contributed by atoms with Gasteiger partial charge in [-0.2, -0.15) is 4.98 Å². The zero-order chi connectivity index (χ0) is 10.8. The maximum absolute atomic E-state index is 5.68. The second kappa shape index (κ2) is 5.61.